The molecule has 20 heavy (non-hydrogen) atoms. The summed E-state index contributed by atoms with van der Waals surface area (Å²) in [7, 11) is -2.12. The van der Waals surface area contributed by atoms with Crippen molar-refractivity contribution >= 4 is 26.0 Å². The van der Waals surface area contributed by atoms with Gasteiger partial charge in [0.05, 0.1) is 7.11 Å². The smallest absolute Gasteiger partial charge is 0.246 e. The van der Waals surface area contributed by atoms with Crippen molar-refractivity contribution in [2.75, 3.05) is 20.2 Å². The van der Waals surface area contributed by atoms with Gasteiger partial charge in [-0.1, -0.05) is 22.9 Å². The highest BCUT2D eigenvalue weighted by molar-refractivity contribution is 9.10. The molecular formula is C13H19BrN2O3S. The van der Waals surface area contributed by atoms with Gasteiger partial charge < -0.3 is 10.5 Å². The lowest BCUT2D eigenvalue weighted by molar-refractivity contribution is 0.252. The molecule has 0 amide bonds. The molecule has 2 rings (SSSR count). The molecule has 1 fully saturated rings. The fourth-order valence-electron chi connectivity index (χ4n) is 2.28. The van der Waals surface area contributed by atoms with Gasteiger partial charge in [-0.25, -0.2) is 8.42 Å². The number of sulfonamides is 1. The zero-order valence-electron chi connectivity index (χ0n) is 11.5. The third-order valence-electron chi connectivity index (χ3n) is 3.72. The van der Waals surface area contributed by atoms with Crippen molar-refractivity contribution in [3.63, 3.8) is 0 Å². The average molecular weight is 363 g/mol. The second-order valence-electron chi connectivity index (χ2n) is 5.09. The highest BCUT2D eigenvalue weighted by Gasteiger charge is 2.33. The molecule has 1 aliphatic heterocycles. The molecule has 2 atom stereocenters. The van der Waals surface area contributed by atoms with Crippen molar-refractivity contribution in [1.29, 1.82) is 0 Å². The van der Waals surface area contributed by atoms with Crippen LogP contribution in [0.5, 0.6) is 5.75 Å². The first-order valence-corrected chi connectivity index (χ1v) is 8.69. The van der Waals surface area contributed by atoms with Crippen molar-refractivity contribution in [1.82, 2.24) is 4.31 Å². The second-order valence-corrected chi connectivity index (χ2v) is 7.91. The number of nitrogens with zero attached hydrogens (tertiary/aromatic N) is 1. The summed E-state index contributed by atoms with van der Waals surface area (Å²) in [6.07, 6.45) is 0.775. The quantitative estimate of drug-likeness (QED) is 0.889. The summed E-state index contributed by atoms with van der Waals surface area (Å²) in [5, 5.41) is 0. The molecule has 1 aromatic rings. The number of benzene rings is 1. The van der Waals surface area contributed by atoms with Crippen molar-refractivity contribution in [2.45, 2.75) is 24.3 Å². The van der Waals surface area contributed by atoms with Gasteiger partial charge in [0, 0.05) is 23.6 Å². The van der Waals surface area contributed by atoms with E-state index in [1.165, 1.54) is 11.4 Å². The maximum Gasteiger partial charge on any atom is 0.246 e. The van der Waals surface area contributed by atoms with E-state index in [-0.39, 0.29) is 10.9 Å². The molecule has 1 saturated heterocycles. The van der Waals surface area contributed by atoms with Crippen molar-refractivity contribution in [2.24, 2.45) is 11.7 Å². The monoisotopic (exact) mass is 362 g/mol. The van der Waals surface area contributed by atoms with Crippen LogP contribution in [0.1, 0.15) is 13.3 Å². The standard InChI is InChI=1S/C13H19BrN2O3S/c1-9-5-6-16(8-11(9)15)20(17,18)13-7-10(14)3-4-12(13)19-2/h3-4,7,9,11H,5-6,8,15H2,1-2H3. The van der Waals surface area contributed by atoms with Crippen LogP contribution in [-0.4, -0.2) is 39.0 Å². The third kappa shape index (κ3) is 3.00. The summed E-state index contributed by atoms with van der Waals surface area (Å²) in [5.41, 5.74) is 6.00. The van der Waals surface area contributed by atoms with E-state index in [4.69, 9.17) is 10.5 Å². The number of hydrogen-bond acceptors (Lipinski definition) is 4. The number of nitrogens with two attached hydrogens (primary N) is 1. The average Bonchev–Trinajstić information content (AvgIpc) is 2.41. The summed E-state index contributed by atoms with van der Waals surface area (Å²) in [6.45, 7) is 2.89. The molecule has 0 saturated carbocycles. The molecule has 0 aromatic heterocycles. The van der Waals surface area contributed by atoms with E-state index in [9.17, 15) is 8.42 Å². The Kier molecular flexibility index (Phi) is 4.73. The van der Waals surface area contributed by atoms with Crippen LogP contribution in [0.25, 0.3) is 0 Å². The van der Waals surface area contributed by atoms with Crippen LogP contribution in [0.4, 0.5) is 0 Å². The van der Waals surface area contributed by atoms with Crippen molar-refractivity contribution in [3.8, 4) is 5.75 Å². The maximum absolute atomic E-state index is 12.7. The van der Waals surface area contributed by atoms with E-state index in [0.29, 0.717) is 29.2 Å². The summed E-state index contributed by atoms with van der Waals surface area (Å²) < 4.78 is 32.8. The van der Waals surface area contributed by atoms with E-state index >= 15 is 0 Å². The Morgan fingerprint density at radius 2 is 2.15 bits per heavy atom. The first kappa shape index (κ1) is 15.8. The fraction of sp³-hybridized carbons (Fsp3) is 0.538. The van der Waals surface area contributed by atoms with E-state index in [2.05, 4.69) is 15.9 Å². The minimum Gasteiger partial charge on any atom is -0.495 e. The Morgan fingerprint density at radius 1 is 1.45 bits per heavy atom. The van der Waals surface area contributed by atoms with Gasteiger partial charge in [0.25, 0.3) is 0 Å². The van der Waals surface area contributed by atoms with Crippen molar-refractivity contribution in [3.05, 3.63) is 22.7 Å². The predicted octanol–water partition coefficient (Wildman–Crippen LogP) is 1.82. The Bertz CT molecular complexity index is 591. The highest BCUT2D eigenvalue weighted by Crippen LogP contribution is 2.31. The Labute approximate surface area is 128 Å². The number of rotatable bonds is 3. The zero-order valence-corrected chi connectivity index (χ0v) is 13.9. The van der Waals surface area contributed by atoms with Crippen LogP contribution < -0.4 is 10.5 Å². The molecule has 1 heterocycles. The first-order chi connectivity index (χ1) is 9.36. The lowest BCUT2D eigenvalue weighted by atomic mass is 9.96. The zero-order chi connectivity index (χ0) is 14.9. The number of halogens is 1. The third-order valence-corrected chi connectivity index (χ3v) is 6.10. The number of hydrogen-bond donors (Lipinski definition) is 1. The lowest BCUT2D eigenvalue weighted by Gasteiger charge is -2.34. The SMILES string of the molecule is COc1ccc(Br)cc1S(=O)(=O)N1CCC(C)C(N)C1. The van der Waals surface area contributed by atoms with Crippen LogP contribution in [0.15, 0.2) is 27.6 Å². The van der Waals surface area contributed by atoms with Gasteiger partial charge in [0.15, 0.2) is 0 Å². The van der Waals surface area contributed by atoms with Gasteiger partial charge in [-0.3, -0.25) is 0 Å². The molecule has 1 aromatic carbocycles. The van der Waals surface area contributed by atoms with Crippen molar-refractivity contribution < 1.29 is 13.2 Å². The van der Waals surface area contributed by atoms with Gasteiger partial charge >= 0.3 is 0 Å². The van der Waals surface area contributed by atoms with Gasteiger partial charge in [-0.15, -0.1) is 0 Å². The molecule has 5 nitrogen and oxygen atoms in total. The Balaban J connectivity index is 2.38. The van der Waals surface area contributed by atoms with Gasteiger partial charge in [0.2, 0.25) is 10.0 Å². The van der Waals surface area contributed by atoms with Crippen LogP contribution >= 0.6 is 15.9 Å². The first-order valence-electron chi connectivity index (χ1n) is 6.45. The fourth-order valence-corrected chi connectivity index (χ4v) is 4.46. The predicted molar refractivity (Wildman–Crippen MR) is 81.2 cm³/mol. The maximum atomic E-state index is 12.7. The minimum absolute atomic E-state index is 0.128. The van der Waals surface area contributed by atoms with Crippen LogP contribution in [0, 0.1) is 5.92 Å². The molecule has 112 valence electrons. The number of ether oxygens (including phenoxy) is 1. The normalized spacial score (nSPS) is 24.6. The summed E-state index contributed by atoms with van der Waals surface area (Å²) in [4.78, 5) is 0.177. The lowest BCUT2D eigenvalue weighted by Crippen LogP contribution is -2.49. The number of methoxy groups -OCH3 is 1. The molecule has 0 radical (unpaired) electrons. The van der Waals surface area contributed by atoms with Crippen LogP contribution in [0.2, 0.25) is 0 Å². The molecular weight excluding hydrogens is 344 g/mol. The van der Waals surface area contributed by atoms with Gasteiger partial charge in [-0.2, -0.15) is 4.31 Å². The summed E-state index contributed by atoms with van der Waals surface area (Å²) in [5.74, 6) is 0.686. The number of piperidine rings is 1. The Morgan fingerprint density at radius 3 is 2.75 bits per heavy atom. The molecule has 2 unspecified atom stereocenters. The molecule has 0 bridgehead atoms. The summed E-state index contributed by atoms with van der Waals surface area (Å²) in [6, 6.07) is 4.83. The van der Waals surface area contributed by atoms with E-state index < -0.39 is 10.0 Å². The van der Waals surface area contributed by atoms with Gasteiger partial charge in [-0.05, 0) is 30.5 Å². The van der Waals surface area contributed by atoms with E-state index in [0.717, 1.165) is 6.42 Å². The molecule has 0 spiro atoms. The molecule has 2 N–H and O–H groups in total. The van der Waals surface area contributed by atoms with Crippen LogP contribution in [0.3, 0.4) is 0 Å². The van der Waals surface area contributed by atoms with E-state index in [1.807, 2.05) is 6.92 Å². The second kappa shape index (κ2) is 6.01. The largest absolute Gasteiger partial charge is 0.495 e. The Hall–Kier alpha value is -0.630. The minimum atomic E-state index is -3.59. The summed E-state index contributed by atoms with van der Waals surface area (Å²) >= 11 is 3.30. The van der Waals surface area contributed by atoms with Crippen LogP contribution in [-0.2, 0) is 10.0 Å². The molecule has 7 heteroatoms. The molecule has 0 aliphatic carbocycles. The van der Waals surface area contributed by atoms with E-state index in [1.54, 1.807) is 18.2 Å². The highest BCUT2D eigenvalue weighted by atomic mass is 79.9. The topological polar surface area (TPSA) is 72.6 Å². The van der Waals surface area contributed by atoms with Gasteiger partial charge in [0.1, 0.15) is 10.6 Å². The molecule has 1 aliphatic rings.